The van der Waals surface area contributed by atoms with Gasteiger partial charge in [0.25, 0.3) is 10.0 Å². The maximum Gasteiger partial charge on any atom is 0.340 e. The van der Waals surface area contributed by atoms with Crippen LogP contribution in [0.15, 0.2) is 77.8 Å². The molecule has 0 bridgehead atoms. The fourth-order valence-corrected chi connectivity index (χ4v) is 5.07. The number of aromatic nitrogens is 2. The average molecular weight is 436 g/mol. The van der Waals surface area contributed by atoms with Crippen LogP contribution < -0.4 is 5.32 Å². The molecule has 0 saturated heterocycles. The Bertz CT molecular complexity index is 1350. The first kappa shape index (κ1) is 20.6. The molecule has 7 nitrogen and oxygen atoms in total. The number of nitrogens with zero attached hydrogens (tertiary/aromatic N) is 2. The molecule has 4 aromatic rings. The van der Waals surface area contributed by atoms with E-state index in [1.807, 2.05) is 30.3 Å². The summed E-state index contributed by atoms with van der Waals surface area (Å²) in [7, 11) is -2.64. The number of hydrogen-bond donors (Lipinski definition) is 1. The molecule has 0 saturated carbocycles. The SMILES string of the molecule is COC(=O)c1cnc(NCc2ccccc2)c2c1cc(C)n2S(=O)(=O)c1ccccc1. The zero-order valence-electron chi connectivity index (χ0n) is 17.1. The second kappa shape index (κ2) is 8.23. The van der Waals surface area contributed by atoms with Gasteiger partial charge in [-0.05, 0) is 30.7 Å². The largest absolute Gasteiger partial charge is 0.465 e. The van der Waals surface area contributed by atoms with Gasteiger partial charge in [0.05, 0.1) is 17.6 Å². The normalized spacial score (nSPS) is 11.4. The molecule has 1 N–H and O–H groups in total. The maximum absolute atomic E-state index is 13.5. The molecule has 8 heteroatoms. The third-order valence-corrected chi connectivity index (χ3v) is 6.78. The van der Waals surface area contributed by atoms with Gasteiger partial charge < -0.3 is 10.1 Å². The van der Waals surface area contributed by atoms with Crippen LogP contribution in [0.5, 0.6) is 0 Å². The molecular weight excluding hydrogens is 414 g/mol. The van der Waals surface area contributed by atoms with E-state index in [2.05, 4.69) is 10.3 Å². The van der Waals surface area contributed by atoms with Crippen LogP contribution in [0.25, 0.3) is 10.9 Å². The van der Waals surface area contributed by atoms with Crippen LogP contribution in [-0.4, -0.2) is 30.5 Å². The minimum atomic E-state index is -3.92. The number of carbonyl (C=O) groups is 1. The number of aryl methyl sites for hydroxylation is 1. The molecule has 0 fully saturated rings. The van der Waals surface area contributed by atoms with Crippen molar-refractivity contribution in [1.29, 1.82) is 0 Å². The summed E-state index contributed by atoms with van der Waals surface area (Å²) in [5.41, 5.74) is 1.98. The van der Waals surface area contributed by atoms with Gasteiger partial charge in [-0.1, -0.05) is 48.5 Å². The van der Waals surface area contributed by atoms with Gasteiger partial charge in [-0.3, -0.25) is 0 Å². The van der Waals surface area contributed by atoms with Crippen LogP contribution >= 0.6 is 0 Å². The summed E-state index contributed by atoms with van der Waals surface area (Å²) < 4.78 is 33.1. The summed E-state index contributed by atoms with van der Waals surface area (Å²) in [6, 6.07) is 19.5. The van der Waals surface area contributed by atoms with Gasteiger partial charge in [-0.2, -0.15) is 0 Å². The number of nitrogens with one attached hydrogen (secondary N) is 1. The Morgan fingerprint density at radius 1 is 1.06 bits per heavy atom. The first-order valence-electron chi connectivity index (χ1n) is 9.61. The molecule has 0 aliphatic heterocycles. The number of fused-ring (bicyclic) bond motifs is 1. The predicted octanol–water partition coefficient (Wildman–Crippen LogP) is 3.98. The molecule has 0 radical (unpaired) electrons. The summed E-state index contributed by atoms with van der Waals surface area (Å²) in [4.78, 5) is 16.8. The van der Waals surface area contributed by atoms with Crippen LogP contribution in [0.3, 0.4) is 0 Å². The topological polar surface area (TPSA) is 90.3 Å². The maximum atomic E-state index is 13.5. The van der Waals surface area contributed by atoms with Crippen molar-refractivity contribution in [3.8, 4) is 0 Å². The Morgan fingerprint density at radius 3 is 2.35 bits per heavy atom. The molecule has 31 heavy (non-hydrogen) atoms. The van der Waals surface area contributed by atoms with Crippen LogP contribution in [0.4, 0.5) is 5.82 Å². The number of hydrogen-bond acceptors (Lipinski definition) is 6. The number of ether oxygens (including phenoxy) is 1. The smallest absolute Gasteiger partial charge is 0.340 e. The molecule has 0 spiro atoms. The van der Waals surface area contributed by atoms with E-state index >= 15 is 0 Å². The van der Waals surface area contributed by atoms with E-state index < -0.39 is 16.0 Å². The van der Waals surface area contributed by atoms with Gasteiger partial charge >= 0.3 is 5.97 Å². The van der Waals surface area contributed by atoms with Crippen molar-refractivity contribution in [2.24, 2.45) is 0 Å². The Labute approximate surface area is 180 Å². The van der Waals surface area contributed by atoms with Crippen molar-refractivity contribution in [3.05, 3.63) is 89.7 Å². The lowest BCUT2D eigenvalue weighted by Gasteiger charge is -2.14. The molecular formula is C23H21N3O4S. The molecule has 0 amide bonds. The summed E-state index contributed by atoms with van der Waals surface area (Å²) in [6.07, 6.45) is 1.40. The molecule has 4 rings (SSSR count). The predicted molar refractivity (Wildman–Crippen MR) is 119 cm³/mol. The third-order valence-electron chi connectivity index (χ3n) is 4.96. The Hall–Kier alpha value is -3.65. The standard InChI is InChI=1S/C23H21N3O4S/c1-16-13-19-20(23(27)30-2)15-25-22(24-14-17-9-5-3-6-10-17)21(19)26(16)31(28,29)18-11-7-4-8-12-18/h3-13,15H,14H2,1-2H3,(H,24,25). The lowest BCUT2D eigenvalue weighted by Crippen LogP contribution is -2.16. The number of pyridine rings is 1. The summed E-state index contributed by atoms with van der Waals surface area (Å²) in [5.74, 6) is -0.222. The van der Waals surface area contributed by atoms with Crippen LogP contribution in [0.1, 0.15) is 21.6 Å². The quantitative estimate of drug-likeness (QED) is 0.461. The van der Waals surface area contributed by atoms with Gasteiger partial charge in [0.1, 0.15) is 5.52 Å². The van der Waals surface area contributed by atoms with Gasteiger partial charge in [-0.15, -0.1) is 0 Å². The summed E-state index contributed by atoms with van der Waals surface area (Å²) >= 11 is 0. The molecule has 2 heterocycles. The molecule has 0 atom stereocenters. The Kier molecular flexibility index (Phi) is 5.48. The zero-order chi connectivity index (χ0) is 22.0. The van der Waals surface area contributed by atoms with Crippen LogP contribution in [0.2, 0.25) is 0 Å². The Balaban J connectivity index is 1.93. The Morgan fingerprint density at radius 2 is 1.71 bits per heavy atom. The number of benzene rings is 2. The lowest BCUT2D eigenvalue weighted by molar-refractivity contribution is 0.0602. The van der Waals surface area contributed by atoms with E-state index in [1.54, 1.807) is 31.2 Å². The highest BCUT2D eigenvalue weighted by molar-refractivity contribution is 7.90. The number of rotatable bonds is 6. The third kappa shape index (κ3) is 3.77. The number of carbonyl (C=O) groups excluding carboxylic acids is 1. The van der Waals surface area contributed by atoms with E-state index in [4.69, 9.17) is 4.74 Å². The van der Waals surface area contributed by atoms with Crippen molar-refractivity contribution in [2.75, 3.05) is 12.4 Å². The minimum absolute atomic E-state index is 0.146. The van der Waals surface area contributed by atoms with E-state index in [9.17, 15) is 13.2 Å². The van der Waals surface area contributed by atoms with Gasteiger partial charge in [0.15, 0.2) is 5.82 Å². The number of anilines is 1. The molecule has 0 aliphatic carbocycles. The van der Waals surface area contributed by atoms with Crippen molar-refractivity contribution < 1.29 is 17.9 Å². The first-order chi connectivity index (χ1) is 14.9. The van der Waals surface area contributed by atoms with Gasteiger partial charge in [0.2, 0.25) is 0 Å². The van der Waals surface area contributed by atoms with E-state index in [0.717, 1.165) is 5.56 Å². The van der Waals surface area contributed by atoms with Crippen molar-refractivity contribution in [2.45, 2.75) is 18.4 Å². The highest BCUT2D eigenvalue weighted by atomic mass is 32.2. The van der Waals surface area contributed by atoms with Crippen molar-refractivity contribution in [3.63, 3.8) is 0 Å². The monoisotopic (exact) mass is 435 g/mol. The fourth-order valence-electron chi connectivity index (χ4n) is 3.50. The highest BCUT2D eigenvalue weighted by Crippen LogP contribution is 2.32. The van der Waals surface area contributed by atoms with E-state index in [0.29, 0.717) is 29.0 Å². The zero-order valence-corrected chi connectivity index (χ0v) is 17.9. The van der Waals surface area contributed by atoms with Gasteiger partial charge in [-0.25, -0.2) is 22.2 Å². The lowest BCUT2D eigenvalue weighted by atomic mass is 10.1. The summed E-state index contributed by atoms with van der Waals surface area (Å²) in [5, 5.41) is 3.67. The van der Waals surface area contributed by atoms with Gasteiger partial charge in [0, 0.05) is 23.8 Å². The van der Waals surface area contributed by atoms with E-state index in [-0.39, 0.29) is 10.5 Å². The second-order valence-electron chi connectivity index (χ2n) is 6.98. The van der Waals surface area contributed by atoms with Crippen LogP contribution in [0, 0.1) is 6.92 Å². The molecule has 0 aliphatic rings. The van der Waals surface area contributed by atoms with Crippen LogP contribution in [-0.2, 0) is 21.3 Å². The summed E-state index contributed by atoms with van der Waals surface area (Å²) in [6.45, 7) is 2.12. The fraction of sp³-hybridized carbons (Fsp3) is 0.130. The number of esters is 1. The molecule has 2 aromatic carbocycles. The second-order valence-corrected chi connectivity index (χ2v) is 8.77. The average Bonchev–Trinajstić information content (AvgIpc) is 3.16. The molecule has 2 aromatic heterocycles. The minimum Gasteiger partial charge on any atom is -0.465 e. The molecule has 158 valence electrons. The van der Waals surface area contributed by atoms with Crippen molar-refractivity contribution >= 4 is 32.7 Å². The molecule has 0 unspecified atom stereocenters. The highest BCUT2D eigenvalue weighted by Gasteiger charge is 2.26. The number of methoxy groups -OCH3 is 1. The van der Waals surface area contributed by atoms with Crippen molar-refractivity contribution in [1.82, 2.24) is 8.96 Å². The van der Waals surface area contributed by atoms with E-state index in [1.165, 1.54) is 29.4 Å². The first-order valence-corrected chi connectivity index (χ1v) is 11.1.